The lowest BCUT2D eigenvalue weighted by atomic mass is 10.0. The Hall–Kier alpha value is -4.28. The average Bonchev–Trinajstić information content (AvgIpc) is 3.02. The number of aryl methyl sites for hydroxylation is 2. The number of aldehydes is 1. The minimum absolute atomic E-state index is 0.212. The predicted octanol–water partition coefficient (Wildman–Crippen LogP) is 5.04. The number of piperazine rings is 1. The lowest BCUT2D eigenvalue weighted by Crippen LogP contribution is -2.52. The van der Waals surface area contributed by atoms with Gasteiger partial charge in [-0.1, -0.05) is 19.6 Å². The Bertz CT molecular complexity index is 1460. The van der Waals surface area contributed by atoms with E-state index in [1.54, 1.807) is 24.3 Å². The van der Waals surface area contributed by atoms with Crippen LogP contribution in [0, 0.1) is 6.92 Å². The second-order valence-electron chi connectivity index (χ2n) is 11.2. The van der Waals surface area contributed by atoms with Gasteiger partial charge in [0.15, 0.2) is 12.1 Å². The van der Waals surface area contributed by atoms with Crippen LogP contribution in [0.3, 0.4) is 0 Å². The monoisotopic (exact) mass is 583 g/mol. The van der Waals surface area contributed by atoms with E-state index in [1.807, 2.05) is 13.0 Å². The first kappa shape index (κ1) is 30.2. The van der Waals surface area contributed by atoms with Gasteiger partial charge in [0.25, 0.3) is 0 Å². The molecule has 0 aliphatic carbocycles. The molecule has 2 aliphatic rings. The number of carbonyl (C=O) groups excluding carboxylic acids is 2. The van der Waals surface area contributed by atoms with Gasteiger partial charge in [0, 0.05) is 68.4 Å². The maximum atomic E-state index is 12.0. The molecule has 3 heterocycles. The molecule has 2 saturated heterocycles. The Morgan fingerprint density at radius 3 is 2.49 bits per heavy atom. The van der Waals surface area contributed by atoms with Gasteiger partial charge in [-0.2, -0.15) is 4.98 Å². The van der Waals surface area contributed by atoms with E-state index in [4.69, 9.17) is 4.74 Å². The van der Waals surface area contributed by atoms with Crippen molar-refractivity contribution in [3.8, 4) is 11.6 Å². The molecule has 226 valence electrons. The van der Waals surface area contributed by atoms with Gasteiger partial charge in [0.2, 0.25) is 11.8 Å². The van der Waals surface area contributed by atoms with Gasteiger partial charge in [-0.15, -0.1) is 0 Å². The molecule has 2 fully saturated rings. The number of likely N-dealkylation sites (N-methyl/N-ethyl adjacent to an activating group) is 1. The number of hydrogen-bond donors (Lipinski definition) is 2. The summed E-state index contributed by atoms with van der Waals surface area (Å²) in [5, 5.41) is 6.01. The summed E-state index contributed by atoms with van der Waals surface area (Å²) in [5.41, 5.74) is 4.54. The summed E-state index contributed by atoms with van der Waals surface area (Å²) in [4.78, 5) is 40.4. The zero-order valence-electron chi connectivity index (χ0n) is 25.3. The van der Waals surface area contributed by atoms with Crippen LogP contribution >= 0.6 is 0 Å². The van der Waals surface area contributed by atoms with E-state index in [2.05, 4.69) is 68.0 Å². The highest BCUT2D eigenvalue weighted by atomic mass is 16.5. The third-order valence-corrected chi connectivity index (χ3v) is 8.23. The third-order valence-electron chi connectivity index (χ3n) is 8.23. The molecule has 1 aromatic heterocycles. The van der Waals surface area contributed by atoms with Crippen molar-refractivity contribution in [1.82, 2.24) is 19.8 Å². The molecule has 5 rings (SSSR count). The van der Waals surface area contributed by atoms with Crippen molar-refractivity contribution >= 4 is 35.1 Å². The number of amides is 1. The van der Waals surface area contributed by atoms with Crippen LogP contribution in [0.4, 0.5) is 22.9 Å². The van der Waals surface area contributed by atoms with Gasteiger partial charge < -0.3 is 25.2 Å². The molecule has 43 heavy (non-hydrogen) atoms. The number of nitrogens with zero attached hydrogens (tertiary/aromatic N) is 5. The number of nitrogens with one attached hydrogen (secondary N) is 2. The SMILES string of the molecule is C=CC(=O)Nc1cccc(Oc2nc(Nc3ccc(N4CCC(N5CCN(C)CC5)CC4)c(C)c3)c(C=O)nc2CC)c1. The summed E-state index contributed by atoms with van der Waals surface area (Å²) >= 11 is 0. The summed E-state index contributed by atoms with van der Waals surface area (Å²) < 4.78 is 6.09. The minimum Gasteiger partial charge on any atom is -0.437 e. The zero-order chi connectivity index (χ0) is 30.3. The molecule has 2 aliphatic heterocycles. The van der Waals surface area contributed by atoms with Crippen molar-refractivity contribution < 1.29 is 14.3 Å². The summed E-state index contributed by atoms with van der Waals surface area (Å²) in [6, 6.07) is 13.9. The van der Waals surface area contributed by atoms with Gasteiger partial charge in [-0.05, 0) is 75.2 Å². The van der Waals surface area contributed by atoms with Gasteiger partial charge in [0.05, 0.1) is 0 Å². The molecule has 0 spiro atoms. The molecule has 0 radical (unpaired) electrons. The summed E-state index contributed by atoms with van der Waals surface area (Å²) in [7, 11) is 2.20. The summed E-state index contributed by atoms with van der Waals surface area (Å²) in [6.45, 7) is 14.3. The lowest BCUT2D eigenvalue weighted by Gasteiger charge is -2.43. The molecule has 0 atom stereocenters. The van der Waals surface area contributed by atoms with Crippen molar-refractivity contribution in [2.75, 3.05) is 61.8 Å². The fourth-order valence-corrected chi connectivity index (χ4v) is 5.78. The Balaban J connectivity index is 1.29. The molecule has 10 nitrogen and oxygen atoms in total. The quantitative estimate of drug-likeness (QED) is 0.251. The number of hydrogen-bond acceptors (Lipinski definition) is 9. The molecule has 2 aromatic carbocycles. The maximum Gasteiger partial charge on any atom is 0.247 e. The topological polar surface area (TPSA) is 103 Å². The lowest BCUT2D eigenvalue weighted by molar-refractivity contribution is -0.111. The van der Waals surface area contributed by atoms with E-state index in [9.17, 15) is 9.59 Å². The average molecular weight is 584 g/mol. The summed E-state index contributed by atoms with van der Waals surface area (Å²) in [5.74, 6) is 0.773. The van der Waals surface area contributed by atoms with Crippen LogP contribution in [0.15, 0.2) is 55.1 Å². The molecular formula is C33H41N7O3. The van der Waals surface area contributed by atoms with Crippen molar-refractivity contribution in [2.24, 2.45) is 0 Å². The number of ether oxygens (including phenoxy) is 1. The highest BCUT2D eigenvalue weighted by molar-refractivity contribution is 5.98. The zero-order valence-corrected chi connectivity index (χ0v) is 25.3. The number of aromatic nitrogens is 2. The fraction of sp³-hybridized carbons (Fsp3) is 0.394. The first-order chi connectivity index (χ1) is 20.9. The highest BCUT2D eigenvalue weighted by Crippen LogP contribution is 2.31. The second kappa shape index (κ2) is 13.8. The van der Waals surface area contributed by atoms with Crippen LogP contribution in [-0.4, -0.2) is 84.3 Å². The first-order valence-electron chi connectivity index (χ1n) is 15.0. The van der Waals surface area contributed by atoms with E-state index in [-0.39, 0.29) is 11.6 Å². The van der Waals surface area contributed by atoms with Crippen LogP contribution in [0.1, 0.15) is 41.5 Å². The smallest absolute Gasteiger partial charge is 0.247 e. The van der Waals surface area contributed by atoms with Crippen molar-refractivity contribution in [3.63, 3.8) is 0 Å². The van der Waals surface area contributed by atoms with E-state index in [0.717, 1.165) is 37.4 Å². The van der Waals surface area contributed by atoms with Crippen molar-refractivity contribution in [1.29, 1.82) is 0 Å². The third kappa shape index (κ3) is 7.39. The number of anilines is 4. The molecule has 0 bridgehead atoms. The van der Waals surface area contributed by atoms with E-state index in [1.165, 1.54) is 37.7 Å². The van der Waals surface area contributed by atoms with Crippen LogP contribution in [0.25, 0.3) is 0 Å². The van der Waals surface area contributed by atoms with Crippen LogP contribution in [0.2, 0.25) is 0 Å². The van der Waals surface area contributed by atoms with Gasteiger partial charge in [0.1, 0.15) is 17.1 Å². The van der Waals surface area contributed by atoms with Crippen LogP contribution < -0.4 is 20.3 Å². The predicted molar refractivity (Wildman–Crippen MR) is 171 cm³/mol. The second-order valence-corrected chi connectivity index (χ2v) is 11.2. The standard InChI is InChI=1S/C33H41N7O3/c1-5-28-33(43-27-9-7-8-24(21-27)34-31(42)6-2)37-32(29(22-41)36-28)35-25-10-11-30(23(3)20-25)40-14-12-26(13-15-40)39-18-16-38(4)17-19-39/h6-11,20-22,26H,2,5,12-19H2,1,3-4H3,(H,34,42)(H,35,37). The Morgan fingerprint density at radius 1 is 1.05 bits per heavy atom. The van der Waals surface area contributed by atoms with Crippen LogP contribution in [-0.2, 0) is 11.2 Å². The Labute approximate surface area is 253 Å². The molecule has 0 unspecified atom stereocenters. The Kier molecular flexibility index (Phi) is 9.68. The number of piperidine rings is 1. The van der Waals surface area contributed by atoms with Gasteiger partial charge >= 0.3 is 0 Å². The van der Waals surface area contributed by atoms with Gasteiger partial charge in [-0.3, -0.25) is 14.5 Å². The maximum absolute atomic E-state index is 12.0. The normalized spacial score (nSPS) is 16.5. The Morgan fingerprint density at radius 2 is 1.81 bits per heavy atom. The molecule has 3 aromatic rings. The van der Waals surface area contributed by atoms with Crippen molar-refractivity contribution in [3.05, 3.63) is 72.1 Å². The summed E-state index contributed by atoms with van der Waals surface area (Å²) in [6.07, 6.45) is 4.79. The van der Waals surface area contributed by atoms with Crippen LogP contribution in [0.5, 0.6) is 11.6 Å². The largest absolute Gasteiger partial charge is 0.437 e. The molecule has 1 amide bonds. The minimum atomic E-state index is -0.315. The van der Waals surface area contributed by atoms with Crippen molar-refractivity contribution in [2.45, 2.75) is 39.2 Å². The fourth-order valence-electron chi connectivity index (χ4n) is 5.78. The van der Waals surface area contributed by atoms with Gasteiger partial charge in [-0.25, -0.2) is 4.98 Å². The van der Waals surface area contributed by atoms with E-state index < -0.39 is 0 Å². The molecular weight excluding hydrogens is 542 g/mol. The highest BCUT2D eigenvalue weighted by Gasteiger charge is 2.27. The number of rotatable bonds is 10. The van der Waals surface area contributed by atoms with E-state index in [0.29, 0.717) is 47.6 Å². The number of benzene rings is 2. The van der Waals surface area contributed by atoms with E-state index >= 15 is 0 Å². The molecule has 0 saturated carbocycles. The first-order valence-corrected chi connectivity index (χ1v) is 15.0. The molecule has 2 N–H and O–H groups in total. The molecule has 10 heteroatoms. The number of carbonyl (C=O) groups is 2.